The first kappa shape index (κ1) is 22.9. The molecule has 1 aromatic carbocycles. The number of allylic oxidation sites excluding steroid dienone is 6. The standard InChI is InChI=1S/C24H33NOS/c1-17(2)23(16-20(5)19(4)13-14-27)24(25)15-18(3)7-6-8-21-9-11-22(26)12-10-21/h9-14,16-17,26H,3,6-8,15,25H2,1-2,4-5H3. The Balaban J connectivity index is 2.72. The molecule has 146 valence electrons. The van der Waals surface area contributed by atoms with Gasteiger partial charge in [0.25, 0.3) is 0 Å². The number of aryl methyl sites for hydroxylation is 1. The molecule has 2 nitrogen and oxygen atoms in total. The van der Waals surface area contributed by atoms with Crippen LogP contribution in [-0.2, 0) is 6.42 Å². The Morgan fingerprint density at radius 3 is 2.37 bits per heavy atom. The van der Waals surface area contributed by atoms with Gasteiger partial charge in [-0.05, 0) is 79.5 Å². The predicted octanol–water partition coefficient (Wildman–Crippen LogP) is 6.42. The van der Waals surface area contributed by atoms with Gasteiger partial charge in [-0.1, -0.05) is 56.4 Å². The number of hydrogen-bond donors (Lipinski definition) is 2. The smallest absolute Gasteiger partial charge is 0.115 e. The fourth-order valence-electron chi connectivity index (χ4n) is 2.88. The lowest BCUT2D eigenvalue weighted by atomic mass is 9.93. The first-order valence-corrected chi connectivity index (χ1v) is 9.95. The molecule has 0 fully saturated rings. The zero-order valence-corrected chi connectivity index (χ0v) is 17.9. The number of thiocarbonyl (C=S) groups is 1. The first-order chi connectivity index (χ1) is 12.7. The van der Waals surface area contributed by atoms with E-state index in [4.69, 9.17) is 18.0 Å². The molecular weight excluding hydrogens is 350 g/mol. The summed E-state index contributed by atoms with van der Waals surface area (Å²) in [5.41, 5.74) is 13.2. The van der Waals surface area contributed by atoms with E-state index in [1.165, 1.54) is 16.7 Å². The number of phenolic OH excluding ortho intramolecular Hbond substituents is 1. The second kappa shape index (κ2) is 11.6. The molecule has 0 atom stereocenters. The molecule has 3 heteroatoms. The topological polar surface area (TPSA) is 46.2 Å². The van der Waals surface area contributed by atoms with E-state index in [0.29, 0.717) is 11.7 Å². The fourth-order valence-corrected chi connectivity index (χ4v) is 3.08. The molecule has 0 amide bonds. The Kier molecular flexibility index (Phi) is 9.81. The zero-order chi connectivity index (χ0) is 20.4. The third-order valence-corrected chi connectivity index (χ3v) is 4.81. The van der Waals surface area contributed by atoms with Crippen molar-refractivity contribution < 1.29 is 5.11 Å². The average Bonchev–Trinajstić information content (AvgIpc) is 2.60. The molecule has 3 N–H and O–H groups in total. The van der Waals surface area contributed by atoms with Crippen molar-refractivity contribution in [1.82, 2.24) is 0 Å². The largest absolute Gasteiger partial charge is 0.508 e. The van der Waals surface area contributed by atoms with Crippen molar-refractivity contribution in [1.29, 1.82) is 0 Å². The highest BCUT2D eigenvalue weighted by Gasteiger charge is 2.09. The van der Waals surface area contributed by atoms with Crippen LogP contribution in [0.2, 0.25) is 0 Å². The van der Waals surface area contributed by atoms with E-state index in [1.807, 2.05) is 18.2 Å². The number of benzene rings is 1. The first-order valence-electron chi connectivity index (χ1n) is 9.48. The number of nitrogens with two attached hydrogens (primary N) is 1. The Morgan fingerprint density at radius 1 is 1.19 bits per heavy atom. The van der Waals surface area contributed by atoms with Gasteiger partial charge in [-0.2, -0.15) is 0 Å². The molecule has 0 saturated carbocycles. The SMILES string of the molecule is C=C(CCCc1ccc(O)cc1)CC(N)=C(C=C(C)C(C)=CC=S)C(C)C. The Morgan fingerprint density at radius 2 is 1.81 bits per heavy atom. The number of aromatic hydroxyl groups is 1. The molecule has 0 aromatic heterocycles. The van der Waals surface area contributed by atoms with Gasteiger partial charge < -0.3 is 10.8 Å². The number of rotatable bonds is 10. The normalized spacial score (nSPS) is 13.5. The summed E-state index contributed by atoms with van der Waals surface area (Å²) in [6.45, 7) is 12.7. The van der Waals surface area contributed by atoms with Crippen LogP contribution in [0.15, 0.2) is 71.0 Å². The molecular formula is C24H33NOS. The molecule has 0 aliphatic heterocycles. The minimum absolute atomic E-state index is 0.307. The number of hydrogen-bond acceptors (Lipinski definition) is 3. The quantitative estimate of drug-likeness (QED) is 0.212. The van der Waals surface area contributed by atoms with Gasteiger partial charge in [0.2, 0.25) is 0 Å². The lowest BCUT2D eigenvalue weighted by molar-refractivity contribution is 0.475. The van der Waals surface area contributed by atoms with Gasteiger partial charge in [0.15, 0.2) is 0 Å². The third kappa shape index (κ3) is 8.40. The minimum atomic E-state index is 0.307. The second-order valence-corrected chi connectivity index (χ2v) is 7.67. The van der Waals surface area contributed by atoms with Crippen molar-refractivity contribution in [3.8, 4) is 5.75 Å². The number of phenols is 1. The maximum atomic E-state index is 9.34. The van der Waals surface area contributed by atoms with E-state index in [9.17, 15) is 5.11 Å². The maximum absolute atomic E-state index is 9.34. The maximum Gasteiger partial charge on any atom is 0.115 e. The Labute approximate surface area is 170 Å². The van der Waals surface area contributed by atoms with Gasteiger partial charge in [-0.3, -0.25) is 0 Å². The van der Waals surface area contributed by atoms with Crippen molar-refractivity contribution in [2.24, 2.45) is 11.7 Å². The van der Waals surface area contributed by atoms with Crippen molar-refractivity contribution in [2.45, 2.75) is 53.4 Å². The molecule has 0 aliphatic rings. The Hall–Kier alpha value is -2.13. The van der Waals surface area contributed by atoms with Crippen LogP contribution in [0, 0.1) is 5.92 Å². The van der Waals surface area contributed by atoms with E-state index < -0.39 is 0 Å². The van der Waals surface area contributed by atoms with E-state index in [0.717, 1.165) is 42.5 Å². The van der Waals surface area contributed by atoms with Crippen LogP contribution in [0.4, 0.5) is 0 Å². The van der Waals surface area contributed by atoms with Gasteiger partial charge in [-0.15, -0.1) is 0 Å². The molecule has 0 spiro atoms. The summed E-state index contributed by atoms with van der Waals surface area (Å²) >= 11 is 4.91. The molecule has 0 saturated heterocycles. The minimum Gasteiger partial charge on any atom is -0.508 e. The fraction of sp³-hybridized carbons (Fsp3) is 0.375. The Bertz CT molecular complexity index is 736. The van der Waals surface area contributed by atoms with Crippen LogP contribution in [-0.4, -0.2) is 10.5 Å². The molecule has 1 aromatic rings. The van der Waals surface area contributed by atoms with Gasteiger partial charge in [0.05, 0.1) is 0 Å². The van der Waals surface area contributed by atoms with Gasteiger partial charge in [0.1, 0.15) is 5.75 Å². The third-order valence-electron chi connectivity index (χ3n) is 4.68. The molecule has 1 rings (SSSR count). The van der Waals surface area contributed by atoms with E-state index >= 15 is 0 Å². The van der Waals surface area contributed by atoms with Crippen LogP contribution >= 0.6 is 12.2 Å². The lowest BCUT2D eigenvalue weighted by Gasteiger charge is -2.15. The van der Waals surface area contributed by atoms with Crippen LogP contribution in [0.25, 0.3) is 0 Å². The molecule has 0 radical (unpaired) electrons. The van der Waals surface area contributed by atoms with Crippen LogP contribution < -0.4 is 5.73 Å². The highest BCUT2D eigenvalue weighted by Crippen LogP contribution is 2.23. The highest BCUT2D eigenvalue weighted by atomic mass is 32.1. The molecule has 27 heavy (non-hydrogen) atoms. The average molecular weight is 384 g/mol. The second-order valence-electron chi connectivity index (χ2n) is 7.40. The van der Waals surface area contributed by atoms with Crippen LogP contribution in [0.5, 0.6) is 5.75 Å². The summed E-state index contributed by atoms with van der Waals surface area (Å²) in [6.07, 6.45) is 7.79. The lowest BCUT2D eigenvalue weighted by Crippen LogP contribution is -2.07. The molecule has 0 heterocycles. The molecule has 0 unspecified atom stereocenters. The summed E-state index contributed by atoms with van der Waals surface area (Å²) in [5, 5.41) is 11.0. The van der Waals surface area contributed by atoms with Gasteiger partial charge in [0, 0.05) is 17.5 Å². The van der Waals surface area contributed by atoms with Gasteiger partial charge in [-0.25, -0.2) is 0 Å². The molecule has 0 aliphatic carbocycles. The summed E-state index contributed by atoms with van der Waals surface area (Å²) in [4.78, 5) is 0. The summed E-state index contributed by atoms with van der Waals surface area (Å²) < 4.78 is 0. The zero-order valence-electron chi connectivity index (χ0n) is 17.1. The monoisotopic (exact) mass is 383 g/mol. The van der Waals surface area contributed by atoms with Crippen LogP contribution in [0.1, 0.15) is 52.5 Å². The highest BCUT2D eigenvalue weighted by molar-refractivity contribution is 7.79. The summed E-state index contributed by atoms with van der Waals surface area (Å²) in [7, 11) is 0. The van der Waals surface area contributed by atoms with Gasteiger partial charge >= 0.3 is 0 Å². The van der Waals surface area contributed by atoms with E-state index in [2.05, 4.69) is 40.3 Å². The summed E-state index contributed by atoms with van der Waals surface area (Å²) in [5.74, 6) is 0.659. The van der Waals surface area contributed by atoms with Crippen molar-refractivity contribution in [2.75, 3.05) is 0 Å². The van der Waals surface area contributed by atoms with Crippen molar-refractivity contribution >= 4 is 17.6 Å². The van der Waals surface area contributed by atoms with Crippen LogP contribution in [0.3, 0.4) is 0 Å². The van der Waals surface area contributed by atoms with Crippen molar-refractivity contribution in [3.63, 3.8) is 0 Å². The molecule has 0 bridgehead atoms. The van der Waals surface area contributed by atoms with Crippen molar-refractivity contribution in [3.05, 3.63) is 76.5 Å². The van der Waals surface area contributed by atoms with E-state index in [-0.39, 0.29) is 0 Å². The summed E-state index contributed by atoms with van der Waals surface area (Å²) in [6, 6.07) is 7.39. The predicted molar refractivity (Wildman–Crippen MR) is 122 cm³/mol. The van der Waals surface area contributed by atoms with E-state index in [1.54, 1.807) is 17.5 Å².